The molecular weight excluding hydrogens is 378 g/mol. The lowest BCUT2D eigenvalue weighted by molar-refractivity contribution is -0.145. The SMILES string of the molecule is COC(=O)[C@@H](CCC(C)=O)NC(=O)C[C@@H]1NC(=O)[C@H](Cc2ccccc2)NC1=O. The summed E-state index contributed by atoms with van der Waals surface area (Å²) >= 11 is 0. The molecule has 0 saturated carbocycles. The Bertz CT molecular complexity index is 780. The fraction of sp³-hybridized carbons (Fsp3) is 0.450. The monoisotopic (exact) mass is 403 g/mol. The largest absolute Gasteiger partial charge is 0.467 e. The molecule has 29 heavy (non-hydrogen) atoms. The van der Waals surface area contributed by atoms with Gasteiger partial charge in [0, 0.05) is 12.8 Å². The number of amides is 3. The van der Waals surface area contributed by atoms with E-state index >= 15 is 0 Å². The first-order valence-electron chi connectivity index (χ1n) is 9.31. The zero-order valence-corrected chi connectivity index (χ0v) is 16.4. The van der Waals surface area contributed by atoms with Gasteiger partial charge in [0.25, 0.3) is 0 Å². The molecule has 9 nitrogen and oxygen atoms in total. The molecule has 1 fully saturated rings. The zero-order valence-electron chi connectivity index (χ0n) is 16.4. The number of piperazine rings is 1. The minimum absolute atomic E-state index is 0.0934. The molecule has 156 valence electrons. The fourth-order valence-corrected chi connectivity index (χ4v) is 2.99. The van der Waals surface area contributed by atoms with Crippen LogP contribution in [0.2, 0.25) is 0 Å². The minimum Gasteiger partial charge on any atom is -0.467 e. The van der Waals surface area contributed by atoms with Crippen molar-refractivity contribution in [1.29, 1.82) is 0 Å². The number of carbonyl (C=O) groups is 5. The van der Waals surface area contributed by atoms with Gasteiger partial charge >= 0.3 is 5.97 Å². The third-order valence-corrected chi connectivity index (χ3v) is 4.54. The highest BCUT2D eigenvalue weighted by Crippen LogP contribution is 2.09. The van der Waals surface area contributed by atoms with E-state index in [1.165, 1.54) is 14.0 Å². The predicted molar refractivity (Wildman–Crippen MR) is 102 cm³/mol. The predicted octanol–water partition coefficient (Wildman–Crippen LogP) is -0.371. The number of rotatable bonds is 9. The van der Waals surface area contributed by atoms with E-state index in [1.807, 2.05) is 30.3 Å². The van der Waals surface area contributed by atoms with Gasteiger partial charge in [0.1, 0.15) is 23.9 Å². The van der Waals surface area contributed by atoms with E-state index in [-0.39, 0.29) is 31.0 Å². The van der Waals surface area contributed by atoms with Crippen molar-refractivity contribution >= 4 is 29.5 Å². The van der Waals surface area contributed by atoms with Crippen molar-refractivity contribution in [2.45, 2.75) is 50.7 Å². The van der Waals surface area contributed by atoms with Crippen LogP contribution in [0, 0.1) is 0 Å². The lowest BCUT2D eigenvalue weighted by Crippen LogP contribution is -2.63. The molecule has 1 saturated heterocycles. The summed E-state index contributed by atoms with van der Waals surface area (Å²) in [6.07, 6.45) is 0.202. The number of Topliss-reactive ketones (excluding diaryl/α,β-unsaturated/α-hetero) is 1. The summed E-state index contributed by atoms with van der Waals surface area (Å²) in [6.45, 7) is 1.38. The summed E-state index contributed by atoms with van der Waals surface area (Å²) in [5.74, 6) is -2.27. The molecule has 0 unspecified atom stereocenters. The second-order valence-corrected chi connectivity index (χ2v) is 6.90. The second kappa shape index (κ2) is 10.4. The van der Waals surface area contributed by atoms with Crippen LogP contribution in [-0.4, -0.2) is 54.7 Å². The third kappa shape index (κ3) is 6.70. The van der Waals surface area contributed by atoms with E-state index in [0.29, 0.717) is 6.42 Å². The topological polar surface area (TPSA) is 131 Å². The van der Waals surface area contributed by atoms with Crippen LogP contribution in [0.5, 0.6) is 0 Å². The van der Waals surface area contributed by atoms with Gasteiger partial charge in [-0.3, -0.25) is 14.4 Å². The molecule has 3 N–H and O–H groups in total. The van der Waals surface area contributed by atoms with Crippen LogP contribution in [0.15, 0.2) is 30.3 Å². The highest BCUT2D eigenvalue weighted by atomic mass is 16.5. The molecule has 0 aromatic heterocycles. The maximum absolute atomic E-state index is 12.3. The van der Waals surface area contributed by atoms with Crippen molar-refractivity contribution in [3.05, 3.63) is 35.9 Å². The second-order valence-electron chi connectivity index (χ2n) is 6.90. The van der Waals surface area contributed by atoms with Crippen LogP contribution in [0.25, 0.3) is 0 Å². The quantitative estimate of drug-likeness (QED) is 0.482. The van der Waals surface area contributed by atoms with Gasteiger partial charge in [-0.2, -0.15) is 0 Å². The molecule has 1 aromatic rings. The Balaban J connectivity index is 1.91. The van der Waals surface area contributed by atoms with Crippen LogP contribution >= 0.6 is 0 Å². The molecule has 3 atom stereocenters. The molecule has 1 heterocycles. The molecular formula is C20H25N3O6. The molecule has 0 bridgehead atoms. The number of methoxy groups -OCH3 is 1. The van der Waals surface area contributed by atoms with E-state index in [2.05, 4.69) is 20.7 Å². The first kappa shape index (κ1) is 22.1. The molecule has 1 aliphatic heterocycles. The number of carbonyl (C=O) groups excluding carboxylic acids is 5. The first-order chi connectivity index (χ1) is 13.8. The van der Waals surface area contributed by atoms with E-state index in [1.54, 1.807) is 0 Å². The number of benzene rings is 1. The van der Waals surface area contributed by atoms with Crippen LogP contribution < -0.4 is 16.0 Å². The first-order valence-corrected chi connectivity index (χ1v) is 9.31. The van der Waals surface area contributed by atoms with Crippen molar-refractivity contribution in [2.75, 3.05) is 7.11 Å². The van der Waals surface area contributed by atoms with Gasteiger partial charge in [-0.05, 0) is 18.9 Å². The van der Waals surface area contributed by atoms with Crippen molar-refractivity contribution in [1.82, 2.24) is 16.0 Å². The number of hydrogen-bond donors (Lipinski definition) is 3. The number of esters is 1. The van der Waals surface area contributed by atoms with Crippen molar-refractivity contribution in [2.24, 2.45) is 0 Å². The minimum atomic E-state index is -1.04. The van der Waals surface area contributed by atoms with E-state index in [9.17, 15) is 24.0 Å². The molecule has 0 aliphatic carbocycles. The maximum Gasteiger partial charge on any atom is 0.328 e. The molecule has 1 aliphatic rings. The Kier molecular flexibility index (Phi) is 7.88. The molecule has 9 heteroatoms. The average Bonchev–Trinajstić information content (AvgIpc) is 2.69. The summed E-state index contributed by atoms with van der Waals surface area (Å²) in [7, 11) is 1.18. The van der Waals surface area contributed by atoms with Gasteiger partial charge in [-0.1, -0.05) is 30.3 Å². The lowest BCUT2D eigenvalue weighted by Gasteiger charge is -2.29. The third-order valence-electron chi connectivity index (χ3n) is 4.54. The van der Waals surface area contributed by atoms with Crippen LogP contribution in [0.4, 0.5) is 0 Å². The highest BCUT2D eigenvalue weighted by Gasteiger charge is 2.35. The lowest BCUT2D eigenvalue weighted by atomic mass is 10.0. The Morgan fingerprint density at radius 3 is 2.31 bits per heavy atom. The molecule has 3 amide bonds. The molecule has 0 radical (unpaired) electrons. The summed E-state index contributed by atoms with van der Waals surface area (Å²) in [5.41, 5.74) is 0.899. The maximum atomic E-state index is 12.3. The van der Waals surface area contributed by atoms with Gasteiger partial charge in [-0.25, -0.2) is 4.79 Å². The fourth-order valence-electron chi connectivity index (χ4n) is 2.99. The van der Waals surface area contributed by atoms with Crippen LogP contribution in [0.1, 0.15) is 31.7 Å². The number of hydrogen-bond acceptors (Lipinski definition) is 6. The van der Waals surface area contributed by atoms with Crippen molar-refractivity contribution < 1.29 is 28.7 Å². The summed E-state index contributed by atoms with van der Waals surface area (Å²) in [5, 5.41) is 7.64. The number of nitrogens with one attached hydrogen (secondary N) is 3. The summed E-state index contributed by atoms with van der Waals surface area (Å²) in [4.78, 5) is 59.8. The van der Waals surface area contributed by atoms with E-state index in [0.717, 1.165) is 5.56 Å². The standard InChI is InChI=1S/C20H25N3O6/c1-12(24)8-9-14(20(28)29-2)21-17(25)11-16-19(27)22-15(18(26)23-16)10-13-6-4-3-5-7-13/h3-7,14-16H,8-11H2,1-2H3,(H,21,25)(H,22,27)(H,23,26)/t14-,15+,16+/m1/s1. The van der Waals surface area contributed by atoms with Crippen molar-refractivity contribution in [3.8, 4) is 0 Å². The Hall–Kier alpha value is -3.23. The van der Waals surface area contributed by atoms with Gasteiger partial charge in [0.2, 0.25) is 17.7 Å². The van der Waals surface area contributed by atoms with Gasteiger partial charge in [0.05, 0.1) is 13.5 Å². The van der Waals surface area contributed by atoms with Gasteiger partial charge < -0.3 is 25.5 Å². The van der Waals surface area contributed by atoms with E-state index < -0.39 is 35.9 Å². The number of ether oxygens (including phenoxy) is 1. The highest BCUT2D eigenvalue weighted by molar-refractivity contribution is 5.99. The van der Waals surface area contributed by atoms with Gasteiger partial charge in [0.15, 0.2) is 0 Å². The van der Waals surface area contributed by atoms with E-state index in [4.69, 9.17) is 0 Å². The zero-order chi connectivity index (χ0) is 21.4. The molecule has 0 spiro atoms. The van der Waals surface area contributed by atoms with Gasteiger partial charge in [-0.15, -0.1) is 0 Å². The molecule has 2 rings (SSSR count). The molecule has 1 aromatic carbocycles. The average molecular weight is 403 g/mol. The Morgan fingerprint density at radius 1 is 1.07 bits per heavy atom. The van der Waals surface area contributed by atoms with Crippen molar-refractivity contribution in [3.63, 3.8) is 0 Å². The number of ketones is 1. The summed E-state index contributed by atoms with van der Waals surface area (Å²) < 4.78 is 4.63. The summed E-state index contributed by atoms with van der Waals surface area (Å²) in [6, 6.07) is 6.49. The smallest absolute Gasteiger partial charge is 0.328 e. The van der Waals surface area contributed by atoms with Crippen LogP contribution in [-0.2, 0) is 35.1 Å². The Morgan fingerprint density at radius 2 is 1.69 bits per heavy atom. The Labute approximate surface area is 168 Å². The normalized spacial score (nSPS) is 19.5. The van der Waals surface area contributed by atoms with Crippen LogP contribution in [0.3, 0.4) is 0 Å².